The van der Waals surface area contributed by atoms with Gasteiger partial charge in [0.15, 0.2) is 5.84 Å². The van der Waals surface area contributed by atoms with Crippen molar-refractivity contribution in [2.24, 2.45) is 10.7 Å². The molecule has 0 aliphatic rings. The molecular weight excluding hydrogens is 257 g/mol. The Balaban J connectivity index is 2.33. The summed E-state index contributed by atoms with van der Waals surface area (Å²) in [7, 11) is 1.48. The lowest BCUT2D eigenvalue weighted by atomic mass is 10.1. The molecule has 2 aromatic rings. The van der Waals surface area contributed by atoms with Gasteiger partial charge in [0.25, 0.3) is 0 Å². The molecule has 0 spiro atoms. The fourth-order valence-electron chi connectivity index (χ4n) is 1.67. The first-order valence-electron chi connectivity index (χ1n) is 5.94. The summed E-state index contributed by atoms with van der Waals surface area (Å²) < 4.78 is 18.7. The second-order valence-corrected chi connectivity index (χ2v) is 4.06. The fourth-order valence-corrected chi connectivity index (χ4v) is 1.67. The number of hydrogen-bond acceptors (Lipinski definition) is 2. The third-order valence-electron chi connectivity index (χ3n) is 2.73. The van der Waals surface area contributed by atoms with Gasteiger partial charge < -0.3 is 10.5 Å². The number of hydrogen-bond donors (Lipinski definition) is 2. The lowest BCUT2D eigenvalue weighted by molar-refractivity contribution is 0.413. The summed E-state index contributed by atoms with van der Waals surface area (Å²) in [5.41, 5.74) is 6.50. The highest BCUT2D eigenvalue weighted by molar-refractivity contribution is 6.09. The SMILES string of the molecule is COc1ccc(F)c(C(N)=NC(=N)c2ccccc2)c1. The Hall–Kier alpha value is -2.69. The minimum absolute atomic E-state index is 0.0229. The monoisotopic (exact) mass is 271 g/mol. The third-order valence-corrected chi connectivity index (χ3v) is 2.73. The van der Waals surface area contributed by atoms with Crippen LogP contribution in [0.4, 0.5) is 4.39 Å². The summed E-state index contributed by atoms with van der Waals surface area (Å²) in [6.45, 7) is 0. The van der Waals surface area contributed by atoms with Crippen molar-refractivity contribution in [3.05, 3.63) is 65.5 Å². The second kappa shape index (κ2) is 5.97. The van der Waals surface area contributed by atoms with Crippen LogP contribution in [-0.4, -0.2) is 18.8 Å². The van der Waals surface area contributed by atoms with E-state index in [-0.39, 0.29) is 17.2 Å². The molecule has 4 nitrogen and oxygen atoms in total. The fraction of sp³-hybridized carbons (Fsp3) is 0.0667. The van der Waals surface area contributed by atoms with E-state index in [1.165, 1.54) is 25.3 Å². The Labute approximate surface area is 116 Å². The number of amidine groups is 2. The summed E-state index contributed by atoms with van der Waals surface area (Å²) in [5.74, 6) is -0.112. The first-order chi connectivity index (χ1) is 9.61. The molecule has 0 unspecified atom stereocenters. The third kappa shape index (κ3) is 3.00. The minimum atomic E-state index is -0.507. The molecule has 102 valence electrons. The molecule has 0 aromatic heterocycles. The van der Waals surface area contributed by atoms with Gasteiger partial charge in [0.2, 0.25) is 0 Å². The van der Waals surface area contributed by atoms with E-state index in [1.807, 2.05) is 6.07 Å². The second-order valence-electron chi connectivity index (χ2n) is 4.06. The maximum Gasteiger partial charge on any atom is 0.154 e. The predicted octanol–water partition coefficient (Wildman–Crippen LogP) is 2.57. The predicted molar refractivity (Wildman–Crippen MR) is 76.9 cm³/mol. The maximum atomic E-state index is 13.7. The average molecular weight is 271 g/mol. The molecule has 2 rings (SSSR count). The van der Waals surface area contributed by atoms with Crippen molar-refractivity contribution in [1.29, 1.82) is 5.41 Å². The average Bonchev–Trinajstić information content (AvgIpc) is 2.48. The van der Waals surface area contributed by atoms with E-state index in [2.05, 4.69) is 4.99 Å². The van der Waals surface area contributed by atoms with Crippen LogP contribution in [0.5, 0.6) is 5.75 Å². The standard InChI is InChI=1S/C15H14FN3O/c1-20-11-7-8-13(16)12(9-11)15(18)19-14(17)10-5-3-2-4-6-10/h2-9H,1H3,(H3,17,18,19). The van der Waals surface area contributed by atoms with E-state index in [0.29, 0.717) is 11.3 Å². The van der Waals surface area contributed by atoms with Crippen LogP contribution in [0.15, 0.2) is 53.5 Å². The topological polar surface area (TPSA) is 71.5 Å². The van der Waals surface area contributed by atoms with Gasteiger partial charge in [-0.25, -0.2) is 9.38 Å². The van der Waals surface area contributed by atoms with E-state index < -0.39 is 5.82 Å². The van der Waals surface area contributed by atoms with Crippen molar-refractivity contribution in [2.75, 3.05) is 7.11 Å². The molecule has 20 heavy (non-hydrogen) atoms. The number of methoxy groups -OCH3 is 1. The number of nitrogens with zero attached hydrogens (tertiary/aromatic N) is 1. The number of nitrogens with one attached hydrogen (secondary N) is 1. The first-order valence-corrected chi connectivity index (χ1v) is 5.94. The van der Waals surface area contributed by atoms with Crippen LogP contribution in [0.2, 0.25) is 0 Å². The summed E-state index contributed by atoms with van der Waals surface area (Å²) in [6, 6.07) is 13.1. The van der Waals surface area contributed by atoms with Crippen LogP contribution in [0, 0.1) is 11.2 Å². The Morgan fingerprint density at radius 2 is 1.90 bits per heavy atom. The molecule has 5 heteroatoms. The van der Waals surface area contributed by atoms with Crippen LogP contribution in [0.25, 0.3) is 0 Å². The Bertz CT molecular complexity index is 653. The van der Waals surface area contributed by atoms with E-state index in [0.717, 1.165) is 0 Å². The molecule has 0 heterocycles. The van der Waals surface area contributed by atoms with Gasteiger partial charge in [-0.2, -0.15) is 0 Å². The van der Waals surface area contributed by atoms with Crippen LogP contribution in [0.3, 0.4) is 0 Å². The molecule has 3 N–H and O–H groups in total. The lowest BCUT2D eigenvalue weighted by Crippen LogP contribution is -2.17. The highest BCUT2D eigenvalue weighted by Gasteiger charge is 2.09. The molecule has 0 bridgehead atoms. The molecule has 0 fully saturated rings. The molecule has 0 saturated carbocycles. The minimum Gasteiger partial charge on any atom is -0.497 e. The van der Waals surface area contributed by atoms with Gasteiger partial charge in [-0.15, -0.1) is 0 Å². The van der Waals surface area contributed by atoms with Gasteiger partial charge in [0.1, 0.15) is 17.4 Å². The van der Waals surface area contributed by atoms with Gasteiger partial charge in [0.05, 0.1) is 12.7 Å². The highest BCUT2D eigenvalue weighted by Crippen LogP contribution is 2.16. The highest BCUT2D eigenvalue weighted by atomic mass is 19.1. The van der Waals surface area contributed by atoms with E-state index >= 15 is 0 Å². The van der Waals surface area contributed by atoms with Crippen LogP contribution in [0.1, 0.15) is 11.1 Å². The number of ether oxygens (including phenoxy) is 1. The largest absolute Gasteiger partial charge is 0.497 e. The summed E-state index contributed by atoms with van der Waals surface area (Å²) in [6.07, 6.45) is 0. The molecule has 2 aromatic carbocycles. The van der Waals surface area contributed by atoms with Crippen molar-refractivity contribution in [3.8, 4) is 5.75 Å². The number of benzene rings is 2. The molecular formula is C15H14FN3O. The van der Waals surface area contributed by atoms with E-state index in [1.54, 1.807) is 24.3 Å². The van der Waals surface area contributed by atoms with Crippen molar-refractivity contribution < 1.29 is 9.13 Å². The van der Waals surface area contributed by atoms with Crippen molar-refractivity contribution in [1.82, 2.24) is 0 Å². The normalized spacial score (nSPS) is 11.2. The van der Waals surface area contributed by atoms with Crippen molar-refractivity contribution >= 4 is 11.7 Å². The quantitative estimate of drug-likeness (QED) is 0.665. The summed E-state index contributed by atoms with van der Waals surface area (Å²) in [4.78, 5) is 3.94. The van der Waals surface area contributed by atoms with Gasteiger partial charge in [-0.3, -0.25) is 5.41 Å². The zero-order chi connectivity index (χ0) is 14.5. The van der Waals surface area contributed by atoms with Gasteiger partial charge in [0, 0.05) is 5.56 Å². The van der Waals surface area contributed by atoms with Crippen LogP contribution >= 0.6 is 0 Å². The summed E-state index contributed by atoms with van der Waals surface area (Å²) >= 11 is 0. The number of halogens is 1. The molecule has 0 amide bonds. The number of rotatable bonds is 3. The Morgan fingerprint density at radius 3 is 2.55 bits per heavy atom. The lowest BCUT2D eigenvalue weighted by Gasteiger charge is -2.06. The van der Waals surface area contributed by atoms with Crippen molar-refractivity contribution in [2.45, 2.75) is 0 Å². The zero-order valence-electron chi connectivity index (χ0n) is 10.9. The van der Waals surface area contributed by atoms with E-state index in [9.17, 15) is 4.39 Å². The van der Waals surface area contributed by atoms with Gasteiger partial charge in [-0.1, -0.05) is 30.3 Å². The van der Waals surface area contributed by atoms with Gasteiger partial charge in [-0.05, 0) is 18.2 Å². The molecule has 0 saturated heterocycles. The number of aliphatic imine (C=N–C) groups is 1. The Kier molecular flexibility index (Phi) is 4.10. The van der Waals surface area contributed by atoms with E-state index in [4.69, 9.17) is 15.9 Å². The van der Waals surface area contributed by atoms with Crippen LogP contribution in [-0.2, 0) is 0 Å². The smallest absolute Gasteiger partial charge is 0.154 e. The van der Waals surface area contributed by atoms with Crippen molar-refractivity contribution in [3.63, 3.8) is 0 Å². The van der Waals surface area contributed by atoms with Gasteiger partial charge >= 0.3 is 0 Å². The molecule has 0 aliphatic carbocycles. The first kappa shape index (κ1) is 13.7. The van der Waals surface area contributed by atoms with Crippen LogP contribution < -0.4 is 10.5 Å². The molecule has 0 atom stereocenters. The summed E-state index contributed by atoms with van der Waals surface area (Å²) in [5, 5.41) is 7.86. The Morgan fingerprint density at radius 1 is 1.20 bits per heavy atom. The molecule has 0 radical (unpaired) electrons. The zero-order valence-corrected chi connectivity index (χ0v) is 10.9. The maximum absolute atomic E-state index is 13.7. The number of nitrogens with two attached hydrogens (primary N) is 1. The molecule has 0 aliphatic heterocycles.